The van der Waals surface area contributed by atoms with Gasteiger partial charge in [0.15, 0.2) is 17.5 Å². The average molecular weight is 701 g/mol. The van der Waals surface area contributed by atoms with Gasteiger partial charge in [-0.25, -0.2) is 15.0 Å². The molecule has 1 aliphatic carbocycles. The fourth-order valence-corrected chi connectivity index (χ4v) is 8.46. The first-order valence-corrected chi connectivity index (χ1v) is 18.4. The summed E-state index contributed by atoms with van der Waals surface area (Å²) in [5.41, 5.74) is 11.6. The first kappa shape index (κ1) is 32.2. The van der Waals surface area contributed by atoms with E-state index >= 15 is 0 Å². The van der Waals surface area contributed by atoms with Gasteiger partial charge in [0, 0.05) is 16.7 Å². The van der Waals surface area contributed by atoms with Crippen molar-refractivity contribution < 1.29 is 0 Å². The second-order valence-corrected chi connectivity index (χ2v) is 13.9. The molecule has 0 radical (unpaired) electrons. The minimum atomic E-state index is -0.594. The van der Waals surface area contributed by atoms with Crippen LogP contribution < -0.4 is 0 Å². The second-order valence-electron chi connectivity index (χ2n) is 13.9. The third kappa shape index (κ3) is 5.25. The van der Waals surface area contributed by atoms with E-state index in [1.54, 1.807) is 0 Å². The van der Waals surface area contributed by atoms with Crippen LogP contribution in [0.2, 0.25) is 0 Å². The first-order chi connectivity index (χ1) is 27.2. The molecule has 0 atom stereocenters. The van der Waals surface area contributed by atoms with E-state index in [0.717, 1.165) is 38.8 Å². The summed E-state index contributed by atoms with van der Waals surface area (Å²) in [5, 5.41) is 12.9. The molecule has 1 aromatic heterocycles. The lowest BCUT2D eigenvalue weighted by Gasteiger charge is -2.35. The zero-order valence-electron chi connectivity index (χ0n) is 29.8. The normalized spacial score (nSPS) is 12.5. The maximum absolute atomic E-state index is 10.5. The predicted molar refractivity (Wildman–Crippen MR) is 221 cm³/mol. The quantitative estimate of drug-likeness (QED) is 0.173. The van der Waals surface area contributed by atoms with Crippen LogP contribution in [0.25, 0.3) is 67.2 Å². The van der Waals surface area contributed by atoms with Crippen molar-refractivity contribution in [1.29, 1.82) is 5.26 Å². The van der Waals surface area contributed by atoms with Gasteiger partial charge >= 0.3 is 0 Å². The molecule has 1 heterocycles. The van der Waals surface area contributed by atoms with Crippen molar-refractivity contribution in [2.75, 3.05) is 0 Å². The average Bonchev–Trinajstić information content (AvgIpc) is 3.59. The van der Waals surface area contributed by atoms with Crippen LogP contribution in [0, 0.1) is 11.3 Å². The molecule has 0 aliphatic heterocycles. The van der Waals surface area contributed by atoms with Gasteiger partial charge < -0.3 is 0 Å². The van der Waals surface area contributed by atoms with E-state index < -0.39 is 5.41 Å². The smallest absolute Gasteiger partial charge is 0.164 e. The molecule has 0 spiro atoms. The Balaban J connectivity index is 1.28. The number of rotatable bonds is 6. The molecule has 4 heteroatoms. The summed E-state index contributed by atoms with van der Waals surface area (Å²) in [5.74, 6) is 1.65. The van der Waals surface area contributed by atoms with Crippen molar-refractivity contribution in [2.24, 2.45) is 0 Å². The molecule has 0 N–H and O–H groups in total. The van der Waals surface area contributed by atoms with E-state index in [4.69, 9.17) is 15.0 Å². The van der Waals surface area contributed by atoms with Crippen LogP contribution in [0.3, 0.4) is 0 Å². The molecular formula is C51H32N4. The van der Waals surface area contributed by atoms with Gasteiger partial charge in [0.25, 0.3) is 0 Å². The van der Waals surface area contributed by atoms with Crippen LogP contribution in [0.1, 0.15) is 27.8 Å². The van der Waals surface area contributed by atoms with E-state index in [9.17, 15) is 5.26 Å². The maximum Gasteiger partial charge on any atom is 0.164 e. The minimum absolute atomic E-state index is 0.506. The number of nitrogens with zero attached hydrogens (tertiary/aromatic N) is 4. The van der Waals surface area contributed by atoms with Crippen molar-refractivity contribution >= 4 is 10.8 Å². The zero-order chi connectivity index (χ0) is 36.8. The molecule has 0 saturated carbocycles. The molecule has 256 valence electrons. The van der Waals surface area contributed by atoms with Crippen molar-refractivity contribution in [2.45, 2.75) is 5.41 Å². The minimum Gasteiger partial charge on any atom is -0.208 e. The monoisotopic (exact) mass is 700 g/mol. The highest BCUT2D eigenvalue weighted by Gasteiger charge is 2.48. The predicted octanol–water partition coefficient (Wildman–Crippen LogP) is 11.9. The van der Waals surface area contributed by atoms with Gasteiger partial charge in [-0.2, -0.15) is 5.26 Å². The molecule has 0 saturated heterocycles. The summed E-state index contributed by atoms with van der Waals surface area (Å²) in [7, 11) is 0. The Morgan fingerprint density at radius 1 is 0.418 bits per heavy atom. The highest BCUT2D eigenvalue weighted by Crippen LogP contribution is 2.60. The Morgan fingerprint density at radius 2 is 0.909 bits per heavy atom. The molecule has 9 aromatic rings. The Labute approximate surface area is 319 Å². The molecule has 4 nitrogen and oxygen atoms in total. The maximum atomic E-state index is 10.5. The summed E-state index contributed by atoms with van der Waals surface area (Å²) in [6.07, 6.45) is 0. The number of hydrogen-bond donors (Lipinski definition) is 0. The van der Waals surface area contributed by atoms with Crippen LogP contribution in [0.5, 0.6) is 0 Å². The van der Waals surface area contributed by atoms with Crippen molar-refractivity contribution in [3.8, 4) is 62.5 Å². The topological polar surface area (TPSA) is 62.5 Å². The number of aromatic nitrogens is 3. The molecule has 1 aliphatic rings. The van der Waals surface area contributed by atoms with Gasteiger partial charge in [0.05, 0.1) is 17.0 Å². The summed E-state index contributed by atoms with van der Waals surface area (Å²) < 4.78 is 0. The van der Waals surface area contributed by atoms with Crippen LogP contribution in [0.15, 0.2) is 194 Å². The highest BCUT2D eigenvalue weighted by molar-refractivity contribution is 6.07. The molecule has 0 unspecified atom stereocenters. The standard InChI is InChI=1S/C51H32N4/c52-33-34-29-38(31-39(30-34)50-54-48(35-17-5-1-6-18-35)53-49(55-50)36-19-7-2-8-20-36)44-32-37-21-13-14-26-42(37)47-46(44)43-27-15-16-28-45(43)51(47,40-22-9-3-10-23-40)41-24-11-4-12-25-41/h1-32H. The van der Waals surface area contributed by atoms with Crippen LogP contribution in [-0.2, 0) is 5.41 Å². The van der Waals surface area contributed by atoms with E-state index in [1.807, 2.05) is 72.8 Å². The van der Waals surface area contributed by atoms with Gasteiger partial charge in [-0.15, -0.1) is 0 Å². The third-order valence-corrected chi connectivity index (χ3v) is 10.8. The fraction of sp³-hybridized carbons (Fsp3) is 0.0196. The van der Waals surface area contributed by atoms with Gasteiger partial charge in [-0.1, -0.05) is 170 Å². The molecule has 0 fully saturated rings. The van der Waals surface area contributed by atoms with E-state index in [2.05, 4.69) is 127 Å². The van der Waals surface area contributed by atoms with Gasteiger partial charge in [0.2, 0.25) is 0 Å². The number of fused-ring (bicyclic) bond motifs is 5. The lowest BCUT2D eigenvalue weighted by molar-refractivity contribution is 0.775. The van der Waals surface area contributed by atoms with Crippen molar-refractivity contribution in [3.05, 3.63) is 222 Å². The van der Waals surface area contributed by atoms with E-state index in [1.165, 1.54) is 33.2 Å². The number of nitriles is 1. The molecule has 10 rings (SSSR count). The van der Waals surface area contributed by atoms with E-state index in [-0.39, 0.29) is 0 Å². The molecule has 0 bridgehead atoms. The van der Waals surface area contributed by atoms with Crippen molar-refractivity contribution in [1.82, 2.24) is 15.0 Å². The SMILES string of the molecule is N#Cc1cc(-c2nc(-c3ccccc3)nc(-c3ccccc3)n2)cc(-c2cc3ccccc3c3c2-c2ccccc2C3(c2ccccc2)c2ccccc2)c1. The Bertz CT molecular complexity index is 2820. The van der Waals surface area contributed by atoms with Crippen LogP contribution >= 0.6 is 0 Å². The number of hydrogen-bond acceptors (Lipinski definition) is 4. The molecule has 8 aromatic carbocycles. The van der Waals surface area contributed by atoms with E-state index in [0.29, 0.717) is 23.0 Å². The second kappa shape index (κ2) is 13.2. The molecule has 0 amide bonds. The Kier molecular flexibility index (Phi) is 7.71. The highest BCUT2D eigenvalue weighted by atomic mass is 15.0. The van der Waals surface area contributed by atoms with Crippen molar-refractivity contribution in [3.63, 3.8) is 0 Å². The lowest BCUT2D eigenvalue weighted by atomic mass is 9.66. The van der Waals surface area contributed by atoms with Crippen LogP contribution in [0.4, 0.5) is 0 Å². The lowest BCUT2D eigenvalue weighted by Crippen LogP contribution is -2.28. The summed E-state index contributed by atoms with van der Waals surface area (Å²) in [6.45, 7) is 0. The Hall–Kier alpha value is -7.48. The van der Waals surface area contributed by atoms with Gasteiger partial charge in [-0.3, -0.25) is 0 Å². The first-order valence-electron chi connectivity index (χ1n) is 18.4. The largest absolute Gasteiger partial charge is 0.208 e. The molecular weight excluding hydrogens is 669 g/mol. The summed E-state index contributed by atoms with van der Waals surface area (Å²) in [4.78, 5) is 15.0. The summed E-state index contributed by atoms with van der Waals surface area (Å²) >= 11 is 0. The summed E-state index contributed by atoms with van der Waals surface area (Å²) in [6, 6.07) is 69.9. The Morgan fingerprint density at radius 3 is 1.51 bits per heavy atom. The van der Waals surface area contributed by atoms with Gasteiger partial charge in [0.1, 0.15) is 0 Å². The van der Waals surface area contributed by atoms with Gasteiger partial charge in [-0.05, 0) is 79.5 Å². The zero-order valence-corrected chi connectivity index (χ0v) is 29.8. The third-order valence-electron chi connectivity index (χ3n) is 10.8. The molecule has 55 heavy (non-hydrogen) atoms. The van der Waals surface area contributed by atoms with Crippen LogP contribution in [-0.4, -0.2) is 15.0 Å². The fourth-order valence-electron chi connectivity index (χ4n) is 8.46. The number of benzene rings is 8.